The molecule has 41 heavy (non-hydrogen) atoms. The number of aliphatic carboxylic acids is 1. The van der Waals surface area contributed by atoms with Crippen molar-refractivity contribution in [3.63, 3.8) is 0 Å². The van der Waals surface area contributed by atoms with Gasteiger partial charge in [-0.15, -0.1) is 0 Å². The van der Waals surface area contributed by atoms with Gasteiger partial charge in [0.1, 0.15) is 0 Å². The maximum Gasteiger partial charge on any atom is 0.490 e. The molecule has 2 amide bonds. The van der Waals surface area contributed by atoms with E-state index in [1.165, 1.54) is 4.90 Å². The molecule has 232 valence electrons. The van der Waals surface area contributed by atoms with Crippen LogP contribution in [0.15, 0.2) is 29.5 Å². The summed E-state index contributed by atoms with van der Waals surface area (Å²) in [5.74, 6) is -4.28. The number of hydrogen-bond acceptors (Lipinski definition) is 8. The van der Waals surface area contributed by atoms with Crippen LogP contribution in [0, 0.1) is 0 Å². The molecule has 16 heteroatoms. The first-order valence-electron chi connectivity index (χ1n) is 12.7. The minimum Gasteiger partial charge on any atom is -0.503 e. The predicted molar refractivity (Wildman–Crippen MR) is 146 cm³/mol. The van der Waals surface area contributed by atoms with Crippen molar-refractivity contribution in [2.24, 2.45) is 5.73 Å². The summed E-state index contributed by atoms with van der Waals surface area (Å²) in [6.45, 7) is 4.75. The highest BCUT2D eigenvalue weighted by Crippen LogP contribution is 2.23. The van der Waals surface area contributed by atoms with Crippen LogP contribution in [-0.2, 0) is 30.3 Å². The summed E-state index contributed by atoms with van der Waals surface area (Å²) in [7, 11) is 0. The van der Waals surface area contributed by atoms with Crippen molar-refractivity contribution < 1.29 is 47.2 Å². The Bertz CT molecular complexity index is 1030. The molecule has 1 aromatic carbocycles. The fourth-order valence-electron chi connectivity index (χ4n) is 3.27. The minimum atomic E-state index is -5.08. The van der Waals surface area contributed by atoms with E-state index in [1.54, 1.807) is 12.1 Å². The van der Waals surface area contributed by atoms with E-state index >= 15 is 0 Å². The average Bonchev–Trinajstić information content (AvgIpc) is 3.20. The lowest BCUT2D eigenvalue weighted by atomic mass is 10.1. The van der Waals surface area contributed by atoms with Crippen molar-refractivity contribution in [2.45, 2.75) is 25.4 Å². The van der Waals surface area contributed by atoms with E-state index < -0.39 is 29.7 Å². The smallest absolute Gasteiger partial charge is 0.490 e. The van der Waals surface area contributed by atoms with Crippen molar-refractivity contribution in [1.82, 2.24) is 15.5 Å². The topological polar surface area (TPSA) is 163 Å². The molecule has 0 saturated carbocycles. The number of nitrogens with zero attached hydrogens (tertiary/aromatic N) is 1. The molecule has 0 fully saturated rings. The number of alkyl halides is 3. The first-order chi connectivity index (χ1) is 19.4. The normalized spacial score (nSPS) is 13.3. The summed E-state index contributed by atoms with van der Waals surface area (Å²) in [5, 5.41) is 24.2. The fourth-order valence-corrected chi connectivity index (χ4v) is 3.59. The second kappa shape index (κ2) is 19.5. The summed E-state index contributed by atoms with van der Waals surface area (Å²) in [5.41, 5.74) is 6.50. The lowest BCUT2D eigenvalue weighted by Crippen LogP contribution is -2.33. The van der Waals surface area contributed by atoms with Crippen LogP contribution in [0.4, 0.5) is 13.2 Å². The Balaban J connectivity index is 0.00000106. The second-order valence-corrected chi connectivity index (χ2v) is 9.40. The number of carbonyl (C=O) groups excluding carboxylic acids is 2. The van der Waals surface area contributed by atoms with Crippen molar-refractivity contribution in [1.29, 1.82) is 0 Å². The predicted octanol–water partition coefficient (Wildman–Crippen LogP) is 2.30. The second-order valence-electron chi connectivity index (χ2n) is 8.58. The molecule has 11 nitrogen and oxygen atoms in total. The van der Waals surface area contributed by atoms with E-state index in [2.05, 4.69) is 10.6 Å². The highest BCUT2D eigenvalue weighted by atomic mass is 35.5. The Hall–Kier alpha value is -2.62. The number of halogens is 5. The summed E-state index contributed by atoms with van der Waals surface area (Å²) in [6, 6.07) is 5.41. The molecule has 0 spiro atoms. The maximum atomic E-state index is 12.4. The molecule has 1 heterocycles. The van der Waals surface area contributed by atoms with Crippen LogP contribution in [0.2, 0.25) is 10.0 Å². The molecular weight excluding hydrogens is 596 g/mol. The van der Waals surface area contributed by atoms with E-state index in [9.17, 15) is 27.9 Å². The Morgan fingerprint density at radius 1 is 1.02 bits per heavy atom. The zero-order valence-electron chi connectivity index (χ0n) is 22.3. The number of aryl methyl sites for hydroxylation is 1. The van der Waals surface area contributed by atoms with Crippen LogP contribution in [0.5, 0.6) is 0 Å². The molecule has 0 radical (unpaired) electrons. The third kappa shape index (κ3) is 14.7. The summed E-state index contributed by atoms with van der Waals surface area (Å²) in [4.78, 5) is 34.9. The summed E-state index contributed by atoms with van der Waals surface area (Å²) < 4.78 is 42.7. The quantitative estimate of drug-likeness (QED) is 0.162. The zero-order valence-corrected chi connectivity index (χ0v) is 23.8. The van der Waals surface area contributed by atoms with Gasteiger partial charge in [0.25, 0.3) is 11.8 Å². The van der Waals surface area contributed by atoms with Gasteiger partial charge in [0, 0.05) is 19.6 Å². The number of carboxylic acid groups (broad SMARTS) is 1. The standard InChI is InChI=1S/C23H34Cl2N4O5.C2HF3O2/c24-19-5-4-17(15-20(19)25)3-1-8-28-22(31)18-16-29(23(32)21(18)30)10-12-34-14-13-33-11-9-27-7-2-6-26;3-2(4,5)1(6)7/h4-5,15,27,30H,1-3,6-14,16,26H2,(H,28,31);(H,6,7). The first kappa shape index (κ1) is 36.4. The van der Waals surface area contributed by atoms with Crippen molar-refractivity contribution in [2.75, 3.05) is 65.7 Å². The highest BCUT2D eigenvalue weighted by molar-refractivity contribution is 6.42. The molecule has 0 bridgehead atoms. The van der Waals surface area contributed by atoms with Gasteiger partial charge in [-0.2, -0.15) is 13.2 Å². The number of benzene rings is 1. The molecular formula is C25H35Cl2F3N4O7. The number of carboxylic acids is 1. The number of carbonyl (C=O) groups is 3. The van der Waals surface area contributed by atoms with E-state index in [1.807, 2.05) is 6.07 Å². The molecule has 0 aromatic heterocycles. The largest absolute Gasteiger partial charge is 0.503 e. The molecule has 6 N–H and O–H groups in total. The van der Waals surface area contributed by atoms with Gasteiger partial charge in [-0.25, -0.2) is 4.79 Å². The molecule has 0 aliphatic carbocycles. The number of aliphatic hydroxyl groups is 1. The van der Waals surface area contributed by atoms with Crippen LogP contribution < -0.4 is 16.4 Å². The third-order valence-electron chi connectivity index (χ3n) is 5.41. The lowest BCUT2D eigenvalue weighted by Gasteiger charge is -2.16. The number of amides is 2. The lowest BCUT2D eigenvalue weighted by molar-refractivity contribution is -0.192. The monoisotopic (exact) mass is 630 g/mol. The van der Waals surface area contributed by atoms with Gasteiger partial charge >= 0.3 is 12.1 Å². The van der Waals surface area contributed by atoms with Crippen LogP contribution in [0.3, 0.4) is 0 Å². The number of nitrogens with two attached hydrogens (primary N) is 1. The van der Waals surface area contributed by atoms with Gasteiger partial charge in [-0.05, 0) is 50.0 Å². The van der Waals surface area contributed by atoms with Gasteiger partial charge in [0.05, 0.1) is 48.6 Å². The molecule has 1 aliphatic rings. The van der Waals surface area contributed by atoms with Crippen LogP contribution in [0.25, 0.3) is 0 Å². The van der Waals surface area contributed by atoms with E-state index in [0.29, 0.717) is 55.8 Å². The Morgan fingerprint density at radius 3 is 2.29 bits per heavy atom. The van der Waals surface area contributed by atoms with Crippen LogP contribution >= 0.6 is 23.2 Å². The van der Waals surface area contributed by atoms with Gasteiger partial charge in [-0.1, -0.05) is 29.3 Å². The fraction of sp³-hybridized carbons (Fsp3) is 0.560. The number of hydrogen-bond donors (Lipinski definition) is 5. The number of aliphatic hydroxyl groups excluding tert-OH is 1. The molecule has 0 saturated heterocycles. The zero-order chi connectivity index (χ0) is 30.8. The Morgan fingerprint density at radius 2 is 1.68 bits per heavy atom. The van der Waals surface area contributed by atoms with Crippen LogP contribution in [0.1, 0.15) is 18.4 Å². The first-order valence-corrected chi connectivity index (χ1v) is 13.4. The summed E-state index contributed by atoms with van der Waals surface area (Å²) >= 11 is 11.9. The Labute approximate surface area is 245 Å². The van der Waals surface area contributed by atoms with E-state index in [-0.39, 0.29) is 25.3 Å². The van der Waals surface area contributed by atoms with Crippen molar-refractivity contribution in [3.8, 4) is 0 Å². The minimum absolute atomic E-state index is 0.0532. The highest BCUT2D eigenvalue weighted by Gasteiger charge is 2.38. The van der Waals surface area contributed by atoms with Gasteiger partial charge in [-0.3, -0.25) is 9.59 Å². The molecule has 1 aromatic rings. The van der Waals surface area contributed by atoms with Crippen molar-refractivity contribution in [3.05, 3.63) is 45.1 Å². The molecule has 2 rings (SSSR count). The van der Waals surface area contributed by atoms with Gasteiger partial charge in [0.2, 0.25) is 0 Å². The van der Waals surface area contributed by atoms with E-state index in [0.717, 1.165) is 25.1 Å². The average molecular weight is 631 g/mol. The SMILES string of the molecule is NCCCNCCOCCOCCN1CC(C(=O)NCCCc2ccc(Cl)c(Cl)c2)=C(O)C1=O.O=C(O)C(F)(F)F. The Kier molecular flexibility index (Phi) is 17.3. The number of ether oxygens (including phenoxy) is 2. The van der Waals surface area contributed by atoms with E-state index in [4.69, 9.17) is 48.3 Å². The van der Waals surface area contributed by atoms with Crippen molar-refractivity contribution >= 4 is 41.0 Å². The number of nitrogens with one attached hydrogen (secondary N) is 2. The van der Waals surface area contributed by atoms with Crippen LogP contribution in [-0.4, -0.2) is 105 Å². The third-order valence-corrected chi connectivity index (χ3v) is 6.15. The molecule has 1 aliphatic heterocycles. The summed E-state index contributed by atoms with van der Waals surface area (Å²) in [6.07, 6.45) is -2.76. The van der Waals surface area contributed by atoms with Gasteiger partial charge in [0.15, 0.2) is 5.76 Å². The molecule has 0 atom stereocenters. The molecule has 0 unspecified atom stereocenters. The number of rotatable bonds is 17. The maximum absolute atomic E-state index is 12.4. The van der Waals surface area contributed by atoms with Gasteiger partial charge < -0.3 is 41.0 Å².